The molecule has 1 unspecified atom stereocenters. The van der Waals surface area contributed by atoms with Crippen LogP contribution in [0.25, 0.3) is 0 Å². The number of methoxy groups -OCH3 is 1. The summed E-state index contributed by atoms with van der Waals surface area (Å²) in [6.45, 7) is 1.41. The predicted octanol–water partition coefficient (Wildman–Crippen LogP) is 1.87. The Hall–Kier alpha value is -2.47. The van der Waals surface area contributed by atoms with Crippen molar-refractivity contribution in [2.24, 2.45) is 0 Å². The van der Waals surface area contributed by atoms with Gasteiger partial charge in [0.2, 0.25) is 0 Å². The molecule has 1 aliphatic rings. The van der Waals surface area contributed by atoms with Gasteiger partial charge in [0.1, 0.15) is 5.69 Å². The number of carbonyl (C=O) groups is 1. The molecule has 24 heavy (non-hydrogen) atoms. The van der Waals surface area contributed by atoms with Crippen LogP contribution in [0.3, 0.4) is 0 Å². The lowest BCUT2D eigenvalue weighted by atomic mass is 10.0. The van der Waals surface area contributed by atoms with Crippen LogP contribution in [-0.2, 0) is 11.3 Å². The molecule has 3 rings (SSSR count). The van der Waals surface area contributed by atoms with E-state index in [1.165, 1.54) is 16.8 Å². The second-order valence-electron chi connectivity index (χ2n) is 5.84. The molecule has 0 spiro atoms. The van der Waals surface area contributed by atoms with Gasteiger partial charge in [-0.05, 0) is 24.5 Å². The third-order valence-corrected chi connectivity index (χ3v) is 4.29. The zero-order valence-electron chi connectivity index (χ0n) is 13.7. The molecule has 0 aliphatic carbocycles. The van der Waals surface area contributed by atoms with E-state index in [-0.39, 0.29) is 17.5 Å². The molecule has 6 heteroatoms. The van der Waals surface area contributed by atoms with Gasteiger partial charge in [-0.25, -0.2) is 4.68 Å². The van der Waals surface area contributed by atoms with E-state index in [2.05, 4.69) is 5.10 Å². The molecule has 1 saturated heterocycles. The molecule has 0 bridgehead atoms. The molecular weight excluding hydrogens is 306 g/mol. The largest absolute Gasteiger partial charge is 0.383 e. The van der Waals surface area contributed by atoms with Crippen molar-refractivity contribution in [3.8, 4) is 0 Å². The summed E-state index contributed by atoms with van der Waals surface area (Å²) in [6, 6.07) is 13.0. The maximum absolute atomic E-state index is 12.9. The topological polar surface area (TPSA) is 64.4 Å². The summed E-state index contributed by atoms with van der Waals surface area (Å²) in [5, 5.41) is 4.22. The summed E-state index contributed by atoms with van der Waals surface area (Å²) in [5.41, 5.74) is 1.20. The number of ether oxygens (including phenoxy) is 1. The monoisotopic (exact) mass is 327 g/mol. The van der Waals surface area contributed by atoms with Crippen LogP contribution in [0, 0.1) is 0 Å². The maximum atomic E-state index is 12.9. The lowest BCUT2D eigenvalue weighted by Gasteiger charge is -2.24. The highest BCUT2D eigenvalue weighted by molar-refractivity contribution is 5.92. The van der Waals surface area contributed by atoms with Crippen LogP contribution >= 0.6 is 0 Å². The summed E-state index contributed by atoms with van der Waals surface area (Å²) in [5.74, 6) is -0.132. The van der Waals surface area contributed by atoms with E-state index in [4.69, 9.17) is 4.74 Å². The smallest absolute Gasteiger partial charge is 0.274 e. The number of aromatic nitrogens is 2. The van der Waals surface area contributed by atoms with E-state index in [0.29, 0.717) is 25.4 Å². The SMILES string of the molecule is COCCn1nc(C(=O)N2CCCC2c2ccccc2)ccc1=O. The van der Waals surface area contributed by atoms with Gasteiger partial charge in [-0.15, -0.1) is 0 Å². The fraction of sp³-hybridized carbons (Fsp3) is 0.389. The first kappa shape index (κ1) is 16.4. The van der Waals surface area contributed by atoms with E-state index < -0.39 is 0 Å². The summed E-state index contributed by atoms with van der Waals surface area (Å²) in [4.78, 5) is 26.6. The Balaban J connectivity index is 1.84. The van der Waals surface area contributed by atoms with E-state index in [0.717, 1.165) is 18.4 Å². The van der Waals surface area contributed by atoms with Crippen molar-refractivity contribution < 1.29 is 9.53 Å². The minimum atomic E-state index is -0.232. The molecule has 2 heterocycles. The second kappa shape index (κ2) is 7.40. The number of carbonyl (C=O) groups excluding carboxylic acids is 1. The van der Waals surface area contributed by atoms with Crippen molar-refractivity contribution >= 4 is 5.91 Å². The van der Waals surface area contributed by atoms with E-state index >= 15 is 0 Å². The first-order valence-electron chi connectivity index (χ1n) is 8.13. The molecule has 0 radical (unpaired) electrons. The molecule has 2 aromatic rings. The highest BCUT2D eigenvalue weighted by Crippen LogP contribution is 2.32. The third kappa shape index (κ3) is 3.38. The average molecular weight is 327 g/mol. The molecule has 0 N–H and O–H groups in total. The van der Waals surface area contributed by atoms with Gasteiger partial charge in [0.05, 0.1) is 19.2 Å². The number of hydrogen-bond donors (Lipinski definition) is 0. The molecule has 1 aliphatic heterocycles. The van der Waals surface area contributed by atoms with Crippen LogP contribution in [-0.4, -0.2) is 40.8 Å². The Morgan fingerprint density at radius 1 is 1.25 bits per heavy atom. The van der Waals surface area contributed by atoms with E-state index in [9.17, 15) is 9.59 Å². The third-order valence-electron chi connectivity index (χ3n) is 4.29. The van der Waals surface area contributed by atoms with Gasteiger partial charge in [-0.1, -0.05) is 30.3 Å². The van der Waals surface area contributed by atoms with Gasteiger partial charge in [-0.2, -0.15) is 5.10 Å². The van der Waals surface area contributed by atoms with Crippen molar-refractivity contribution in [3.05, 3.63) is 64.1 Å². The Labute approximate surface area is 140 Å². The van der Waals surface area contributed by atoms with Gasteiger partial charge in [0.25, 0.3) is 11.5 Å². The van der Waals surface area contributed by atoms with Gasteiger partial charge in [0, 0.05) is 19.7 Å². The molecular formula is C18H21N3O3. The summed E-state index contributed by atoms with van der Waals surface area (Å²) >= 11 is 0. The second-order valence-corrected chi connectivity index (χ2v) is 5.84. The van der Waals surface area contributed by atoms with Gasteiger partial charge in [-0.3, -0.25) is 9.59 Å². The van der Waals surface area contributed by atoms with Crippen LogP contribution in [0.2, 0.25) is 0 Å². The van der Waals surface area contributed by atoms with Crippen molar-refractivity contribution in [2.75, 3.05) is 20.3 Å². The maximum Gasteiger partial charge on any atom is 0.274 e. The first-order valence-corrected chi connectivity index (χ1v) is 8.13. The van der Waals surface area contributed by atoms with E-state index in [1.54, 1.807) is 7.11 Å². The highest BCUT2D eigenvalue weighted by Gasteiger charge is 2.31. The van der Waals surface area contributed by atoms with Gasteiger partial charge in [0.15, 0.2) is 0 Å². The Kier molecular flexibility index (Phi) is 5.05. The Bertz CT molecular complexity index is 758. The molecule has 6 nitrogen and oxygen atoms in total. The fourth-order valence-electron chi connectivity index (χ4n) is 3.08. The van der Waals surface area contributed by atoms with E-state index in [1.807, 2.05) is 35.2 Å². The zero-order chi connectivity index (χ0) is 16.9. The highest BCUT2D eigenvalue weighted by atomic mass is 16.5. The summed E-state index contributed by atoms with van der Waals surface area (Å²) in [6.07, 6.45) is 1.91. The summed E-state index contributed by atoms with van der Waals surface area (Å²) < 4.78 is 6.26. The molecule has 1 atom stereocenters. The van der Waals surface area contributed by atoms with Crippen LogP contribution < -0.4 is 5.56 Å². The molecule has 1 aromatic carbocycles. The molecule has 0 saturated carbocycles. The van der Waals surface area contributed by atoms with Gasteiger partial charge >= 0.3 is 0 Å². The van der Waals surface area contributed by atoms with Crippen molar-refractivity contribution in [3.63, 3.8) is 0 Å². The number of rotatable bonds is 5. The normalized spacial score (nSPS) is 17.2. The van der Waals surface area contributed by atoms with Crippen molar-refractivity contribution in [1.29, 1.82) is 0 Å². The van der Waals surface area contributed by atoms with Crippen LogP contribution in [0.15, 0.2) is 47.3 Å². The summed E-state index contributed by atoms with van der Waals surface area (Å²) in [7, 11) is 1.56. The first-order chi connectivity index (χ1) is 11.7. The minimum absolute atomic E-state index is 0.0693. The molecule has 126 valence electrons. The standard InChI is InChI=1S/C18H21N3O3/c1-24-13-12-21-17(22)10-9-15(19-21)18(23)20-11-5-8-16(20)14-6-3-2-4-7-14/h2-4,6-7,9-10,16H,5,8,11-13H2,1H3. The molecule has 1 fully saturated rings. The molecule has 1 aromatic heterocycles. The van der Waals surface area contributed by atoms with Crippen molar-refractivity contribution in [1.82, 2.24) is 14.7 Å². The number of likely N-dealkylation sites (tertiary alicyclic amines) is 1. The van der Waals surface area contributed by atoms with Crippen LogP contribution in [0.4, 0.5) is 0 Å². The number of benzene rings is 1. The Morgan fingerprint density at radius 2 is 2.04 bits per heavy atom. The number of amides is 1. The fourth-order valence-corrected chi connectivity index (χ4v) is 3.08. The lowest BCUT2D eigenvalue weighted by Crippen LogP contribution is -2.34. The number of hydrogen-bond acceptors (Lipinski definition) is 4. The zero-order valence-corrected chi connectivity index (χ0v) is 13.7. The van der Waals surface area contributed by atoms with Gasteiger partial charge < -0.3 is 9.64 Å². The van der Waals surface area contributed by atoms with Crippen LogP contribution in [0.5, 0.6) is 0 Å². The predicted molar refractivity (Wildman–Crippen MR) is 89.8 cm³/mol. The minimum Gasteiger partial charge on any atom is -0.383 e. The average Bonchev–Trinajstić information content (AvgIpc) is 3.11. The quantitative estimate of drug-likeness (QED) is 0.841. The Morgan fingerprint density at radius 3 is 2.79 bits per heavy atom. The lowest BCUT2D eigenvalue weighted by molar-refractivity contribution is 0.0725. The number of nitrogens with zero attached hydrogens (tertiary/aromatic N) is 3. The van der Waals surface area contributed by atoms with Crippen LogP contribution in [0.1, 0.15) is 34.9 Å². The van der Waals surface area contributed by atoms with Crippen molar-refractivity contribution in [2.45, 2.75) is 25.4 Å². The molecule has 1 amide bonds.